The molecule has 0 unspecified atom stereocenters. The molecular formula is C16H16N4OS. The minimum atomic E-state index is -0.0194. The molecule has 0 saturated carbocycles. The van der Waals surface area contributed by atoms with Crippen LogP contribution in [0.5, 0.6) is 0 Å². The Kier molecular flexibility index (Phi) is 4.39. The summed E-state index contributed by atoms with van der Waals surface area (Å²) in [5, 5.41) is 11.9. The van der Waals surface area contributed by atoms with Gasteiger partial charge in [0.15, 0.2) is 10.8 Å². The third-order valence-corrected chi connectivity index (χ3v) is 4.23. The van der Waals surface area contributed by atoms with Gasteiger partial charge < -0.3 is 5.32 Å². The molecular weight excluding hydrogens is 296 g/mol. The number of aromatic nitrogens is 3. The average molecular weight is 312 g/mol. The summed E-state index contributed by atoms with van der Waals surface area (Å²) in [6.45, 7) is 1.98. The highest BCUT2D eigenvalue weighted by atomic mass is 32.2. The predicted molar refractivity (Wildman–Crippen MR) is 86.7 cm³/mol. The minimum Gasteiger partial charge on any atom is -0.349 e. The van der Waals surface area contributed by atoms with Gasteiger partial charge in [-0.3, -0.25) is 9.20 Å². The third kappa shape index (κ3) is 3.28. The van der Waals surface area contributed by atoms with Crippen molar-refractivity contribution in [2.45, 2.75) is 18.1 Å². The Balaban J connectivity index is 1.58. The molecule has 112 valence electrons. The quantitative estimate of drug-likeness (QED) is 0.736. The first-order valence-corrected chi connectivity index (χ1v) is 7.99. The third-order valence-electron chi connectivity index (χ3n) is 3.29. The highest BCUT2D eigenvalue weighted by Crippen LogP contribution is 2.17. The van der Waals surface area contributed by atoms with Crippen LogP contribution in [0.25, 0.3) is 5.65 Å². The van der Waals surface area contributed by atoms with Crippen LogP contribution in [0.15, 0.2) is 59.9 Å². The van der Waals surface area contributed by atoms with E-state index in [9.17, 15) is 4.79 Å². The summed E-state index contributed by atoms with van der Waals surface area (Å²) in [4.78, 5) is 12.1. The number of pyridine rings is 1. The van der Waals surface area contributed by atoms with Crippen molar-refractivity contribution in [3.05, 3.63) is 60.3 Å². The fourth-order valence-corrected chi connectivity index (χ4v) is 2.89. The standard InChI is InChI=1S/C16H16N4OS/c1-12(13-7-3-2-4-8-13)17-15(21)11-22-16-19-18-14-9-5-6-10-20(14)16/h2-10,12H,11H2,1H3,(H,17,21)/t12-/m1/s1. The van der Waals surface area contributed by atoms with E-state index in [1.807, 2.05) is 66.1 Å². The Morgan fingerprint density at radius 2 is 1.95 bits per heavy atom. The monoisotopic (exact) mass is 312 g/mol. The van der Waals surface area contributed by atoms with Gasteiger partial charge >= 0.3 is 0 Å². The molecule has 1 amide bonds. The number of nitrogens with zero attached hydrogens (tertiary/aromatic N) is 3. The number of hydrogen-bond acceptors (Lipinski definition) is 4. The number of nitrogens with one attached hydrogen (secondary N) is 1. The zero-order valence-electron chi connectivity index (χ0n) is 12.1. The van der Waals surface area contributed by atoms with E-state index in [4.69, 9.17) is 0 Å². The summed E-state index contributed by atoms with van der Waals surface area (Å²) in [5.41, 5.74) is 1.87. The Morgan fingerprint density at radius 3 is 2.77 bits per heavy atom. The lowest BCUT2D eigenvalue weighted by atomic mass is 10.1. The number of fused-ring (bicyclic) bond motifs is 1. The second-order valence-electron chi connectivity index (χ2n) is 4.90. The second kappa shape index (κ2) is 6.62. The van der Waals surface area contributed by atoms with E-state index in [1.54, 1.807) is 0 Å². The van der Waals surface area contributed by atoms with E-state index < -0.39 is 0 Å². The van der Waals surface area contributed by atoms with Gasteiger partial charge in [0.2, 0.25) is 5.91 Å². The predicted octanol–water partition coefficient (Wildman–Crippen LogP) is 2.70. The van der Waals surface area contributed by atoms with Crippen molar-refractivity contribution in [2.24, 2.45) is 0 Å². The number of hydrogen-bond donors (Lipinski definition) is 1. The van der Waals surface area contributed by atoms with Crippen LogP contribution >= 0.6 is 11.8 Å². The maximum Gasteiger partial charge on any atom is 0.230 e. The SMILES string of the molecule is C[C@@H](NC(=O)CSc1nnc2ccccn12)c1ccccc1. The van der Waals surface area contributed by atoms with Crippen molar-refractivity contribution in [2.75, 3.05) is 5.75 Å². The smallest absolute Gasteiger partial charge is 0.230 e. The summed E-state index contributed by atoms with van der Waals surface area (Å²) in [6, 6.07) is 15.6. The van der Waals surface area contributed by atoms with E-state index in [0.29, 0.717) is 5.75 Å². The Morgan fingerprint density at radius 1 is 1.18 bits per heavy atom. The fraction of sp³-hybridized carbons (Fsp3) is 0.188. The van der Waals surface area contributed by atoms with Crippen LogP contribution in [0.2, 0.25) is 0 Å². The van der Waals surface area contributed by atoms with E-state index in [2.05, 4.69) is 15.5 Å². The maximum atomic E-state index is 12.1. The first-order valence-electron chi connectivity index (χ1n) is 7.01. The normalized spacial score (nSPS) is 12.2. The minimum absolute atomic E-state index is 0.00977. The molecule has 1 N–H and O–H groups in total. The van der Waals surface area contributed by atoms with Gasteiger partial charge in [0.05, 0.1) is 11.8 Å². The molecule has 0 saturated heterocycles. The van der Waals surface area contributed by atoms with Gasteiger partial charge in [0.1, 0.15) is 0 Å². The summed E-state index contributed by atoms with van der Waals surface area (Å²) < 4.78 is 1.87. The molecule has 2 aromatic heterocycles. The fourth-order valence-electron chi connectivity index (χ4n) is 2.16. The van der Waals surface area contributed by atoms with Gasteiger partial charge in [0, 0.05) is 6.20 Å². The Hall–Kier alpha value is -2.34. The van der Waals surface area contributed by atoms with Crippen molar-refractivity contribution < 1.29 is 4.79 Å². The number of amides is 1. The van der Waals surface area contributed by atoms with E-state index in [1.165, 1.54) is 11.8 Å². The van der Waals surface area contributed by atoms with Crippen LogP contribution in [-0.4, -0.2) is 26.3 Å². The van der Waals surface area contributed by atoms with Gasteiger partial charge in [0.25, 0.3) is 0 Å². The van der Waals surface area contributed by atoms with Crippen molar-refractivity contribution in [3.63, 3.8) is 0 Å². The van der Waals surface area contributed by atoms with Crippen molar-refractivity contribution >= 4 is 23.3 Å². The number of thioether (sulfide) groups is 1. The van der Waals surface area contributed by atoms with Crippen molar-refractivity contribution in [1.82, 2.24) is 19.9 Å². The van der Waals surface area contributed by atoms with E-state index >= 15 is 0 Å². The average Bonchev–Trinajstić information content (AvgIpc) is 2.97. The van der Waals surface area contributed by atoms with Crippen LogP contribution in [0, 0.1) is 0 Å². The zero-order chi connectivity index (χ0) is 15.4. The number of benzene rings is 1. The van der Waals surface area contributed by atoms with Gasteiger partial charge in [-0.05, 0) is 24.6 Å². The van der Waals surface area contributed by atoms with Gasteiger partial charge in [-0.15, -0.1) is 10.2 Å². The van der Waals surface area contributed by atoms with E-state index in [0.717, 1.165) is 16.4 Å². The topological polar surface area (TPSA) is 59.3 Å². The summed E-state index contributed by atoms with van der Waals surface area (Å²) in [5.74, 6) is 0.293. The Labute approximate surface area is 132 Å². The molecule has 3 aromatic rings. The molecule has 0 spiro atoms. The lowest BCUT2D eigenvalue weighted by molar-refractivity contribution is -0.119. The number of carbonyl (C=O) groups is 1. The van der Waals surface area contributed by atoms with Crippen LogP contribution < -0.4 is 5.32 Å². The molecule has 0 aliphatic heterocycles. The van der Waals surface area contributed by atoms with Crippen LogP contribution in [0.4, 0.5) is 0 Å². The first kappa shape index (κ1) is 14.6. The summed E-state index contributed by atoms with van der Waals surface area (Å²) in [7, 11) is 0. The summed E-state index contributed by atoms with van der Waals surface area (Å²) >= 11 is 1.38. The first-order chi connectivity index (χ1) is 10.7. The molecule has 0 fully saturated rings. The molecule has 2 heterocycles. The maximum absolute atomic E-state index is 12.1. The van der Waals surface area contributed by atoms with Gasteiger partial charge in [-0.2, -0.15) is 0 Å². The highest BCUT2D eigenvalue weighted by Gasteiger charge is 2.12. The lowest BCUT2D eigenvalue weighted by Gasteiger charge is -2.13. The largest absolute Gasteiger partial charge is 0.349 e. The molecule has 0 radical (unpaired) electrons. The molecule has 22 heavy (non-hydrogen) atoms. The zero-order valence-corrected chi connectivity index (χ0v) is 13.0. The van der Waals surface area contributed by atoms with Crippen LogP contribution in [0.1, 0.15) is 18.5 Å². The summed E-state index contributed by atoms with van der Waals surface area (Å²) in [6.07, 6.45) is 1.89. The van der Waals surface area contributed by atoms with Crippen LogP contribution in [0.3, 0.4) is 0 Å². The van der Waals surface area contributed by atoms with Gasteiger partial charge in [-0.1, -0.05) is 48.2 Å². The molecule has 6 heteroatoms. The lowest BCUT2D eigenvalue weighted by Crippen LogP contribution is -2.28. The van der Waals surface area contributed by atoms with Gasteiger partial charge in [-0.25, -0.2) is 0 Å². The molecule has 5 nitrogen and oxygen atoms in total. The van der Waals surface area contributed by atoms with Crippen LogP contribution in [-0.2, 0) is 4.79 Å². The molecule has 0 bridgehead atoms. The molecule has 3 rings (SSSR count). The molecule has 1 atom stereocenters. The molecule has 1 aromatic carbocycles. The highest BCUT2D eigenvalue weighted by molar-refractivity contribution is 7.99. The second-order valence-corrected chi connectivity index (χ2v) is 5.84. The Bertz CT molecular complexity index is 772. The van der Waals surface area contributed by atoms with Crippen molar-refractivity contribution in [3.8, 4) is 0 Å². The van der Waals surface area contributed by atoms with E-state index in [-0.39, 0.29) is 11.9 Å². The number of rotatable bonds is 5. The van der Waals surface area contributed by atoms with Crippen molar-refractivity contribution in [1.29, 1.82) is 0 Å². The number of carbonyl (C=O) groups excluding carboxylic acids is 1. The molecule has 0 aliphatic carbocycles. The molecule has 0 aliphatic rings.